The van der Waals surface area contributed by atoms with Gasteiger partial charge < -0.3 is 4.74 Å². The summed E-state index contributed by atoms with van der Waals surface area (Å²) >= 11 is 3.17. The summed E-state index contributed by atoms with van der Waals surface area (Å²) in [6.07, 6.45) is 0.355. The van der Waals surface area contributed by atoms with Gasteiger partial charge in [-0.3, -0.25) is 4.79 Å². The number of carbonyl (C=O) groups is 1. The van der Waals surface area contributed by atoms with Crippen molar-refractivity contribution < 1.29 is 9.53 Å². The van der Waals surface area contributed by atoms with Crippen LogP contribution < -0.4 is 0 Å². The number of rotatable bonds is 5. The van der Waals surface area contributed by atoms with E-state index in [2.05, 4.69) is 26.2 Å². The molecule has 0 fully saturated rings. The van der Waals surface area contributed by atoms with Gasteiger partial charge >= 0.3 is 0 Å². The Balaban J connectivity index is 2.60. The van der Waals surface area contributed by atoms with E-state index in [0.29, 0.717) is 29.9 Å². The zero-order valence-electron chi connectivity index (χ0n) is 8.16. The van der Waals surface area contributed by atoms with E-state index < -0.39 is 0 Å². The zero-order chi connectivity index (χ0) is 10.6. The molecule has 0 spiro atoms. The maximum absolute atomic E-state index is 11.6. The standard InChI is InChI=1S/C8H12BrN3O2/c1-3-14-5-4-6(13)7-8(9)10-11-12(7)2/h3-5H2,1-2H3. The van der Waals surface area contributed by atoms with Crippen LogP contribution in [-0.4, -0.2) is 34.0 Å². The van der Waals surface area contributed by atoms with Gasteiger partial charge in [0.1, 0.15) is 5.69 Å². The summed E-state index contributed by atoms with van der Waals surface area (Å²) in [6.45, 7) is 2.96. The average molecular weight is 262 g/mol. The molecular weight excluding hydrogens is 250 g/mol. The van der Waals surface area contributed by atoms with Crippen LogP contribution in [0.15, 0.2) is 4.60 Å². The van der Waals surface area contributed by atoms with Crippen LogP contribution in [0.4, 0.5) is 0 Å². The Morgan fingerprint density at radius 3 is 2.86 bits per heavy atom. The molecule has 1 aromatic heterocycles. The van der Waals surface area contributed by atoms with E-state index in [-0.39, 0.29) is 5.78 Å². The Morgan fingerprint density at radius 2 is 2.36 bits per heavy atom. The Kier molecular flexibility index (Phi) is 4.21. The third-order valence-corrected chi connectivity index (χ3v) is 2.26. The summed E-state index contributed by atoms with van der Waals surface area (Å²) in [5, 5.41) is 7.46. The Morgan fingerprint density at radius 1 is 1.64 bits per heavy atom. The summed E-state index contributed by atoms with van der Waals surface area (Å²) in [6, 6.07) is 0. The molecule has 5 nitrogen and oxygen atoms in total. The summed E-state index contributed by atoms with van der Waals surface area (Å²) in [5.41, 5.74) is 0.490. The zero-order valence-corrected chi connectivity index (χ0v) is 9.74. The molecule has 0 radical (unpaired) electrons. The minimum atomic E-state index is -0.0159. The summed E-state index contributed by atoms with van der Waals surface area (Å²) in [5.74, 6) is -0.0159. The quantitative estimate of drug-likeness (QED) is 0.590. The molecule has 0 aromatic carbocycles. The number of aromatic nitrogens is 3. The number of hydrogen-bond acceptors (Lipinski definition) is 4. The van der Waals surface area contributed by atoms with Gasteiger partial charge in [-0.1, -0.05) is 5.21 Å². The molecule has 0 aliphatic carbocycles. The maximum atomic E-state index is 11.6. The smallest absolute Gasteiger partial charge is 0.186 e. The van der Waals surface area contributed by atoms with E-state index in [4.69, 9.17) is 4.74 Å². The van der Waals surface area contributed by atoms with Crippen LogP contribution in [0.3, 0.4) is 0 Å². The molecule has 14 heavy (non-hydrogen) atoms. The number of nitrogens with zero attached hydrogens (tertiary/aromatic N) is 3. The van der Waals surface area contributed by atoms with Crippen molar-refractivity contribution in [1.82, 2.24) is 15.0 Å². The van der Waals surface area contributed by atoms with E-state index in [0.717, 1.165) is 0 Å². The van der Waals surface area contributed by atoms with Crippen molar-refractivity contribution in [3.8, 4) is 0 Å². The Bertz CT molecular complexity index is 305. The molecule has 78 valence electrons. The number of hydrogen-bond donors (Lipinski definition) is 0. The highest BCUT2D eigenvalue weighted by molar-refractivity contribution is 9.10. The lowest BCUT2D eigenvalue weighted by molar-refractivity contribution is 0.0886. The highest BCUT2D eigenvalue weighted by atomic mass is 79.9. The molecule has 0 aliphatic rings. The van der Waals surface area contributed by atoms with Gasteiger partial charge in [-0.25, -0.2) is 4.68 Å². The number of Topliss-reactive ketones (excluding diaryl/α,β-unsaturated/α-hetero) is 1. The van der Waals surface area contributed by atoms with Gasteiger partial charge in [0.15, 0.2) is 10.4 Å². The molecule has 0 atom stereocenters. The monoisotopic (exact) mass is 261 g/mol. The summed E-state index contributed by atoms with van der Waals surface area (Å²) in [7, 11) is 1.69. The number of carbonyl (C=O) groups excluding carboxylic acids is 1. The van der Waals surface area contributed by atoms with Crippen LogP contribution in [0, 0.1) is 0 Å². The van der Waals surface area contributed by atoms with Gasteiger partial charge in [-0.2, -0.15) is 0 Å². The van der Waals surface area contributed by atoms with Gasteiger partial charge in [-0.15, -0.1) is 5.10 Å². The van der Waals surface area contributed by atoms with Crippen molar-refractivity contribution in [3.05, 3.63) is 10.3 Å². The van der Waals surface area contributed by atoms with Crippen LogP contribution >= 0.6 is 15.9 Å². The average Bonchev–Trinajstić information content (AvgIpc) is 2.46. The second kappa shape index (κ2) is 5.21. The second-order valence-corrected chi connectivity index (χ2v) is 3.47. The van der Waals surface area contributed by atoms with E-state index in [1.54, 1.807) is 7.05 Å². The first kappa shape index (κ1) is 11.3. The lowest BCUT2D eigenvalue weighted by Gasteiger charge is -2.01. The topological polar surface area (TPSA) is 57.0 Å². The first-order valence-corrected chi connectivity index (χ1v) is 5.12. The lowest BCUT2D eigenvalue weighted by atomic mass is 10.2. The first-order chi connectivity index (χ1) is 6.66. The molecule has 0 N–H and O–H groups in total. The van der Waals surface area contributed by atoms with Gasteiger partial charge in [0.2, 0.25) is 0 Å². The minimum Gasteiger partial charge on any atom is -0.381 e. The minimum absolute atomic E-state index is 0.0159. The van der Waals surface area contributed by atoms with E-state index in [1.165, 1.54) is 4.68 Å². The molecule has 0 unspecified atom stereocenters. The third-order valence-electron chi connectivity index (χ3n) is 1.73. The fourth-order valence-corrected chi connectivity index (χ4v) is 1.60. The molecule has 0 saturated carbocycles. The summed E-state index contributed by atoms with van der Waals surface area (Å²) < 4.78 is 7.04. The summed E-state index contributed by atoms with van der Waals surface area (Å²) in [4.78, 5) is 11.6. The van der Waals surface area contributed by atoms with Gasteiger partial charge in [0.05, 0.1) is 6.61 Å². The number of halogens is 1. The molecule has 6 heteroatoms. The van der Waals surface area contributed by atoms with Crippen LogP contribution in [0.25, 0.3) is 0 Å². The second-order valence-electron chi connectivity index (χ2n) is 2.72. The molecular formula is C8H12BrN3O2. The van der Waals surface area contributed by atoms with Crippen molar-refractivity contribution in [3.63, 3.8) is 0 Å². The van der Waals surface area contributed by atoms with Crippen LogP contribution in [0.5, 0.6) is 0 Å². The molecule has 0 saturated heterocycles. The molecule has 0 bridgehead atoms. The van der Waals surface area contributed by atoms with Crippen molar-refractivity contribution >= 4 is 21.7 Å². The van der Waals surface area contributed by atoms with Crippen molar-refractivity contribution in [2.24, 2.45) is 7.05 Å². The van der Waals surface area contributed by atoms with Gasteiger partial charge in [0.25, 0.3) is 0 Å². The largest absolute Gasteiger partial charge is 0.381 e. The highest BCUT2D eigenvalue weighted by Gasteiger charge is 2.15. The van der Waals surface area contributed by atoms with E-state index in [1.807, 2.05) is 6.92 Å². The molecule has 0 aliphatic heterocycles. The van der Waals surface area contributed by atoms with Crippen LogP contribution in [0.2, 0.25) is 0 Å². The molecule has 1 rings (SSSR count). The van der Waals surface area contributed by atoms with Gasteiger partial charge in [0, 0.05) is 20.1 Å². The fraction of sp³-hybridized carbons (Fsp3) is 0.625. The predicted molar refractivity (Wildman–Crippen MR) is 54.1 cm³/mol. The molecule has 1 heterocycles. The van der Waals surface area contributed by atoms with Crippen molar-refractivity contribution in [2.75, 3.05) is 13.2 Å². The van der Waals surface area contributed by atoms with Crippen molar-refractivity contribution in [1.29, 1.82) is 0 Å². The Hall–Kier alpha value is -0.750. The van der Waals surface area contributed by atoms with Crippen LogP contribution in [0.1, 0.15) is 23.8 Å². The van der Waals surface area contributed by atoms with Crippen molar-refractivity contribution in [2.45, 2.75) is 13.3 Å². The molecule has 1 aromatic rings. The van der Waals surface area contributed by atoms with Gasteiger partial charge in [-0.05, 0) is 22.9 Å². The molecule has 0 amide bonds. The third kappa shape index (κ3) is 2.62. The number of aryl methyl sites for hydroxylation is 1. The fourth-order valence-electron chi connectivity index (χ4n) is 1.06. The SMILES string of the molecule is CCOCCC(=O)c1c(Br)nnn1C. The van der Waals surface area contributed by atoms with Crippen LogP contribution in [-0.2, 0) is 11.8 Å². The number of ether oxygens (including phenoxy) is 1. The predicted octanol–water partition coefficient (Wildman–Crippen LogP) is 1.19. The first-order valence-electron chi connectivity index (χ1n) is 4.33. The normalized spacial score (nSPS) is 10.5. The van der Waals surface area contributed by atoms with E-state index in [9.17, 15) is 4.79 Å². The maximum Gasteiger partial charge on any atom is 0.186 e. The van der Waals surface area contributed by atoms with E-state index >= 15 is 0 Å². The number of ketones is 1. The highest BCUT2D eigenvalue weighted by Crippen LogP contribution is 2.13. The lowest BCUT2D eigenvalue weighted by Crippen LogP contribution is -2.10. The Labute approximate surface area is 90.6 Å².